The summed E-state index contributed by atoms with van der Waals surface area (Å²) in [6.07, 6.45) is 3.94. The van der Waals surface area contributed by atoms with E-state index in [1.54, 1.807) is 0 Å². The van der Waals surface area contributed by atoms with Crippen molar-refractivity contribution < 1.29 is 9.26 Å². The molecule has 1 saturated heterocycles. The summed E-state index contributed by atoms with van der Waals surface area (Å²) < 4.78 is 15.8. The predicted octanol–water partition coefficient (Wildman–Crippen LogP) is 6.03. The van der Waals surface area contributed by atoms with E-state index in [4.69, 9.17) is 14.2 Å². The number of nitrogens with zero attached hydrogens (tertiary/aromatic N) is 6. The summed E-state index contributed by atoms with van der Waals surface area (Å²) in [4.78, 5) is 16.9. The molecule has 4 aromatic rings. The second kappa shape index (κ2) is 10.6. The molecule has 0 amide bonds. The van der Waals surface area contributed by atoms with E-state index in [1.807, 2.05) is 37.6 Å². The summed E-state index contributed by atoms with van der Waals surface area (Å²) in [5, 5.41) is 6.75. The molecule has 8 nitrogen and oxygen atoms in total. The van der Waals surface area contributed by atoms with E-state index in [1.165, 1.54) is 22.9 Å². The molecule has 0 aromatic carbocycles. The van der Waals surface area contributed by atoms with Gasteiger partial charge in [0.15, 0.2) is 5.82 Å². The zero-order valence-corrected chi connectivity index (χ0v) is 21.3. The van der Waals surface area contributed by atoms with Crippen LogP contribution in [0.25, 0.3) is 21.6 Å². The fraction of sp³-hybridized carbons (Fsp3) is 0.522. The van der Waals surface area contributed by atoms with Crippen LogP contribution in [-0.2, 0) is 0 Å². The normalized spacial score (nSPS) is 15.5. The molecule has 1 aliphatic rings. The number of aromatic nitrogens is 5. The van der Waals surface area contributed by atoms with Crippen molar-refractivity contribution in [2.45, 2.75) is 59.5 Å². The Balaban J connectivity index is 0.00000126. The van der Waals surface area contributed by atoms with Gasteiger partial charge in [-0.3, -0.25) is 0 Å². The number of hydrogen-bond acceptors (Lipinski definition) is 10. The number of rotatable bonds is 6. The standard InChI is InChI=1S/C21H24N6O2S2.C2H6/c1-12(2)18-25-20(29-26-18)27-8-6-14(7-9-27)13(3)28-21-24-17-5-4-16(23-19(17)31-21)15-10-22-30-11-15;1-2/h4-5,10-14H,6-9H2,1-3H3;1-2H3. The third-order valence-electron chi connectivity index (χ3n) is 5.67. The lowest BCUT2D eigenvalue weighted by atomic mass is 9.92. The van der Waals surface area contributed by atoms with E-state index in [2.05, 4.69) is 45.2 Å². The van der Waals surface area contributed by atoms with Crippen molar-refractivity contribution in [3.8, 4) is 16.5 Å². The zero-order valence-electron chi connectivity index (χ0n) is 19.7. The third-order valence-corrected chi connectivity index (χ3v) is 7.11. The molecule has 0 saturated carbocycles. The maximum absolute atomic E-state index is 6.23. The highest BCUT2D eigenvalue weighted by Gasteiger charge is 2.28. The van der Waals surface area contributed by atoms with E-state index in [0.29, 0.717) is 17.1 Å². The molecule has 5 rings (SSSR count). The lowest BCUT2D eigenvalue weighted by Gasteiger charge is -2.33. The molecule has 0 radical (unpaired) electrons. The van der Waals surface area contributed by atoms with Crippen LogP contribution in [0.15, 0.2) is 28.2 Å². The van der Waals surface area contributed by atoms with Crippen molar-refractivity contribution in [3.63, 3.8) is 0 Å². The fourth-order valence-electron chi connectivity index (χ4n) is 3.74. The molecule has 0 bridgehead atoms. The molecule has 10 heteroatoms. The topological polar surface area (TPSA) is 90.1 Å². The summed E-state index contributed by atoms with van der Waals surface area (Å²) in [6, 6.07) is 4.61. The van der Waals surface area contributed by atoms with Gasteiger partial charge in [-0.1, -0.05) is 44.2 Å². The Labute approximate surface area is 202 Å². The monoisotopic (exact) mass is 486 g/mol. The van der Waals surface area contributed by atoms with Gasteiger partial charge in [0.2, 0.25) is 0 Å². The summed E-state index contributed by atoms with van der Waals surface area (Å²) in [7, 11) is 0. The minimum absolute atomic E-state index is 0.0807. The summed E-state index contributed by atoms with van der Waals surface area (Å²) in [6.45, 7) is 12.0. The van der Waals surface area contributed by atoms with Gasteiger partial charge < -0.3 is 14.2 Å². The predicted molar refractivity (Wildman–Crippen MR) is 133 cm³/mol. The molecular weight excluding hydrogens is 456 g/mol. The number of hydrogen-bond donors (Lipinski definition) is 0. The number of anilines is 1. The maximum atomic E-state index is 6.23. The van der Waals surface area contributed by atoms with Gasteiger partial charge >= 0.3 is 6.01 Å². The highest BCUT2D eigenvalue weighted by Crippen LogP contribution is 2.32. The average Bonchev–Trinajstić information content (AvgIpc) is 3.60. The quantitative estimate of drug-likeness (QED) is 0.326. The van der Waals surface area contributed by atoms with Gasteiger partial charge in [0.05, 0.1) is 11.9 Å². The number of fused-ring (bicyclic) bond motifs is 1. The van der Waals surface area contributed by atoms with Gasteiger partial charge in [0, 0.05) is 30.0 Å². The molecule has 176 valence electrons. The van der Waals surface area contributed by atoms with Crippen LogP contribution < -0.4 is 9.64 Å². The summed E-state index contributed by atoms with van der Waals surface area (Å²) in [5.74, 6) is 1.48. The fourth-order valence-corrected chi connectivity index (χ4v) is 5.15. The number of ether oxygens (including phenoxy) is 1. The first-order valence-corrected chi connectivity index (χ1v) is 13.1. The minimum Gasteiger partial charge on any atom is -0.467 e. The highest BCUT2D eigenvalue weighted by atomic mass is 32.1. The van der Waals surface area contributed by atoms with Crippen molar-refractivity contribution in [2.75, 3.05) is 18.0 Å². The number of piperidine rings is 1. The Morgan fingerprint density at radius 2 is 1.88 bits per heavy atom. The van der Waals surface area contributed by atoms with Crippen LogP contribution in [-0.4, -0.2) is 43.7 Å². The molecule has 1 atom stereocenters. The first-order chi connectivity index (χ1) is 16.1. The molecular formula is C23H30N6O2S2. The van der Waals surface area contributed by atoms with Crippen LogP contribution >= 0.6 is 22.9 Å². The van der Waals surface area contributed by atoms with Crippen molar-refractivity contribution in [3.05, 3.63) is 29.5 Å². The number of pyridine rings is 1. The van der Waals surface area contributed by atoms with Crippen LogP contribution in [0.3, 0.4) is 0 Å². The van der Waals surface area contributed by atoms with Crippen molar-refractivity contribution >= 4 is 39.2 Å². The van der Waals surface area contributed by atoms with Crippen LogP contribution in [0.2, 0.25) is 0 Å². The second-order valence-electron chi connectivity index (χ2n) is 8.15. The summed E-state index contributed by atoms with van der Waals surface area (Å²) in [5.41, 5.74) is 2.81. The number of thiazole rings is 1. The van der Waals surface area contributed by atoms with Gasteiger partial charge in [-0.05, 0) is 49.3 Å². The van der Waals surface area contributed by atoms with Crippen molar-refractivity contribution in [1.29, 1.82) is 0 Å². The van der Waals surface area contributed by atoms with E-state index in [9.17, 15) is 0 Å². The van der Waals surface area contributed by atoms with E-state index in [0.717, 1.165) is 53.4 Å². The molecule has 1 aliphatic heterocycles. The Bertz CT molecular complexity index is 1150. The van der Waals surface area contributed by atoms with Gasteiger partial charge in [-0.15, -0.1) is 0 Å². The molecule has 1 fully saturated rings. The Kier molecular flexibility index (Phi) is 7.54. The largest absolute Gasteiger partial charge is 0.467 e. The highest BCUT2D eigenvalue weighted by molar-refractivity contribution is 7.19. The van der Waals surface area contributed by atoms with E-state index >= 15 is 0 Å². The average molecular weight is 487 g/mol. The molecule has 0 aliphatic carbocycles. The first kappa shape index (κ1) is 23.6. The molecule has 0 spiro atoms. The minimum atomic E-state index is 0.0807. The lowest BCUT2D eigenvalue weighted by Crippen LogP contribution is -2.38. The zero-order chi connectivity index (χ0) is 23.4. The van der Waals surface area contributed by atoms with Crippen LogP contribution in [0, 0.1) is 5.92 Å². The smallest absolute Gasteiger partial charge is 0.324 e. The molecule has 1 unspecified atom stereocenters. The summed E-state index contributed by atoms with van der Waals surface area (Å²) >= 11 is 2.93. The van der Waals surface area contributed by atoms with Crippen LogP contribution in [0.4, 0.5) is 6.01 Å². The third kappa shape index (κ3) is 5.33. The molecule has 4 aromatic heterocycles. The van der Waals surface area contributed by atoms with E-state index < -0.39 is 0 Å². The second-order valence-corrected chi connectivity index (χ2v) is 9.75. The Morgan fingerprint density at radius 1 is 1.09 bits per heavy atom. The molecule has 5 heterocycles. The molecule has 0 N–H and O–H groups in total. The SMILES string of the molecule is CC.CC(C)c1noc(N2CCC(C(C)Oc3nc4ccc(-c5cnsc5)nc4s3)CC2)n1. The van der Waals surface area contributed by atoms with Gasteiger partial charge in [-0.2, -0.15) is 4.98 Å². The van der Waals surface area contributed by atoms with Gasteiger partial charge in [0.1, 0.15) is 16.5 Å². The van der Waals surface area contributed by atoms with Crippen LogP contribution in [0.1, 0.15) is 59.2 Å². The molecule has 33 heavy (non-hydrogen) atoms. The Morgan fingerprint density at radius 3 is 2.55 bits per heavy atom. The van der Waals surface area contributed by atoms with Gasteiger partial charge in [0.25, 0.3) is 5.19 Å². The van der Waals surface area contributed by atoms with Crippen LogP contribution in [0.5, 0.6) is 5.19 Å². The maximum Gasteiger partial charge on any atom is 0.324 e. The lowest BCUT2D eigenvalue weighted by molar-refractivity contribution is 0.131. The first-order valence-electron chi connectivity index (χ1n) is 11.5. The van der Waals surface area contributed by atoms with E-state index in [-0.39, 0.29) is 12.0 Å². The Hall–Kier alpha value is -2.59. The van der Waals surface area contributed by atoms with Crippen molar-refractivity contribution in [2.24, 2.45) is 5.92 Å². The van der Waals surface area contributed by atoms with Crippen molar-refractivity contribution in [1.82, 2.24) is 24.5 Å². The van der Waals surface area contributed by atoms with Gasteiger partial charge in [-0.25, -0.2) is 14.3 Å².